The van der Waals surface area contributed by atoms with Gasteiger partial charge in [-0.3, -0.25) is 14.9 Å². The second-order valence-electron chi connectivity index (χ2n) is 4.59. The number of hydrogen-bond acceptors (Lipinski definition) is 6. The molecule has 2 aromatic rings. The van der Waals surface area contributed by atoms with Gasteiger partial charge in [-0.25, -0.2) is 5.43 Å². The molecule has 0 radical (unpaired) electrons. The van der Waals surface area contributed by atoms with E-state index in [0.29, 0.717) is 16.9 Å². The van der Waals surface area contributed by atoms with Crippen molar-refractivity contribution in [3.05, 3.63) is 63.7 Å². The standard InChI is InChI=1S/C16H15N3O5/c1-23-14-6-4-3-5-12(14)16(20)18-17-10-11-7-8-15(24-2)13(9-11)19(21)22/h3-10H,1-2H3,(H,18,20). The van der Waals surface area contributed by atoms with Gasteiger partial charge >= 0.3 is 5.69 Å². The van der Waals surface area contributed by atoms with E-state index in [1.165, 1.54) is 32.6 Å². The number of carbonyl (C=O) groups is 1. The van der Waals surface area contributed by atoms with Crippen LogP contribution in [0.4, 0.5) is 5.69 Å². The zero-order valence-corrected chi connectivity index (χ0v) is 13.1. The maximum atomic E-state index is 12.1. The fourth-order valence-electron chi connectivity index (χ4n) is 1.99. The van der Waals surface area contributed by atoms with Crippen molar-refractivity contribution in [2.45, 2.75) is 0 Å². The highest BCUT2D eigenvalue weighted by molar-refractivity contribution is 5.97. The van der Waals surface area contributed by atoms with E-state index in [1.807, 2.05) is 0 Å². The first-order chi connectivity index (χ1) is 11.6. The first-order valence-corrected chi connectivity index (χ1v) is 6.85. The van der Waals surface area contributed by atoms with Crippen LogP contribution in [0.1, 0.15) is 15.9 Å². The lowest BCUT2D eigenvalue weighted by atomic mass is 10.2. The number of ether oxygens (including phenoxy) is 2. The molecule has 8 heteroatoms. The van der Waals surface area contributed by atoms with Gasteiger partial charge in [0.15, 0.2) is 5.75 Å². The Balaban J connectivity index is 2.13. The minimum atomic E-state index is -0.552. The lowest BCUT2D eigenvalue weighted by Gasteiger charge is -2.06. The number of carbonyl (C=O) groups excluding carboxylic acids is 1. The molecule has 0 saturated carbocycles. The van der Waals surface area contributed by atoms with Gasteiger partial charge in [0.2, 0.25) is 0 Å². The average Bonchev–Trinajstić information content (AvgIpc) is 2.61. The van der Waals surface area contributed by atoms with Crippen LogP contribution in [0.5, 0.6) is 11.5 Å². The van der Waals surface area contributed by atoms with Crippen LogP contribution in [0.3, 0.4) is 0 Å². The second kappa shape index (κ2) is 7.73. The van der Waals surface area contributed by atoms with Crippen LogP contribution >= 0.6 is 0 Å². The van der Waals surface area contributed by atoms with E-state index >= 15 is 0 Å². The molecule has 0 spiro atoms. The van der Waals surface area contributed by atoms with Crippen molar-refractivity contribution >= 4 is 17.8 Å². The third-order valence-electron chi connectivity index (χ3n) is 3.13. The van der Waals surface area contributed by atoms with Gasteiger partial charge in [0.25, 0.3) is 5.91 Å². The molecule has 0 bridgehead atoms. The van der Waals surface area contributed by atoms with Gasteiger partial charge in [0.1, 0.15) is 5.75 Å². The lowest BCUT2D eigenvalue weighted by Crippen LogP contribution is -2.18. The minimum Gasteiger partial charge on any atom is -0.496 e. The number of nitrogens with one attached hydrogen (secondary N) is 1. The maximum Gasteiger partial charge on any atom is 0.311 e. The molecule has 1 amide bonds. The van der Waals surface area contributed by atoms with Gasteiger partial charge in [0, 0.05) is 11.6 Å². The molecule has 0 unspecified atom stereocenters. The lowest BCUT2D eigenvalue weighted by molar-refractivity contribution is -0.385. The smallest absolute Gasteiger partial charge is 0.311 e. The summed E-state index contributed by atoms with van der Waals surface area (Å²) in [6.07, 6.45) is 1.31. The minimum absolute atomic E-state index is 0.148. The molecule has 124 valence electrons. The van der Waals surface area contributed by atoms with E-state index in [2.05, 4.69) is 10.5 Å². The zero-order valence-electron chi connectivity index (χ0n) is 13.1. The number of nitro groups is 1. The molecule has 0 aliphatic heterocycles. The Morgan fingerprint density at radius 2 is 1.88 bits per heavy atom. The number of hydrazone groups is 1. The molecule has 2 rings (SSSR count). The molecule has 0 aliphatic rings. The predicted octanol–water partition coefficient (Wildman–Crippen LogP) is 2.38. The Morgan fingerprint density at radius 3 is 2.54 bits per heavy atom. The molecule has 0 atom stereocenters. The van der Waals surface area contributed by atoms with Crippen LogP contribution in [-0.4, -0.2) is 31.3 Å². The molecule has 0 saturated heterocycles. The summed E-state index contributed by atoms with van der Waals surface area (Å²) < 4.78 is 10.0. The molecule has 0 aliphatic carbocycles. The number of rotatable bonds is 6. The first-order valence-electron chi connectivity index (χ1n) is 6.85. The van der Waals surface area contributed by atoms with E-state index in [9.17, 15) is 14.9 Å². The third-order valence-corrected chi connectivity index (χ3v) is 3.13. The van der Waals surface area contributed by atoms with E-state index in [1.54, 1.807) is 30.3 Å². The maximum absolute atomic E-state index is 12.1. The van der Waals surface area contributed by atoms with Crippen molar-refractivity contribution in [3.63, 3.8) is 0 Å². The first kappa shape index (κ1) is 16.9. The molecular weight excluding hydrogens is 314 g/mol. The number of methoxy groups -OCH3 is 2. The van der Waals surface area contributed by atoms with Gasteiger partial charge in [-0.2, -0.15) is 5.10 Å². The predicted molar refractivity (Wildman–Crippen MR) is 87.7 cm³/mol. The van der Waals surface area contributed by atoms with E-state index in [-0.39, 0.29) is 11.4 Å². The Hall–Kier alpha value is -3.42. The summed E-state index contributed by atoms with van der Waals surface area (Å²) in [6, 6.07) is 11.1. The number of hydrogen-bond donors (Lipinski definition) is 1. The number of amides is 1. The van der Waals surface area contributed by atoms with E-state index < -0.39 is 10.8 Å². The Labute approximate surface area is 137 Å². The fraction of sp³-hybridized carbons (Fsp3) is 0.125. The van der Waals surface area contributed by atoms with Crippen LogP contribution in [-0.2, 0) is 0 Å². The van der Waals surface area contributed by atoms with Gasteiger partial charge in [0.05, 0.1) is 30.9 Å². The number of nitro benzene ring substituents is 1. The monoisotopic (exact) mass is 329 g/mol. The van der Waals surface area contributed by atoms with Crippen LogP contribution in [0.2, 0.25) is 0 Å². The van der Waals surface area contributed by atoms with Gasteiger partial charge < -0.3 is 9.47 Å². The number of benzene rings is 2. The van der Waals surface area contributed by atoms with E-state index in [0.717, 1.165) is 0 Å². The summed E-state index contributed by atoms with van der Waals surface area (Å²) in [6.45, 7) is 0. The number of nitrogens with zero attached hydrogens (tertiary/aromatic N) is 2. The fourth-order valence-corrected chi connectivity index (χ4v) is 1.99. The summed E-state index contributed by atoms with van der Waals surface area (Å²) >= 11 is 0. The molecule has 1 N–H and O–H groups in total. The molecular formula is C16H15N3O5. The van der Waals surface area contributed by atoms with Crippen molar-refractivity contribution in [1.29, 1.82) is 0 Å². The van der Waals surface area contributed by atoms with Gasteiger partial charge in [-0.05, 0) is 24.3 Å². The van der Waals surface area contributed by atoms with Crippen LogP contribution < -0.4 is 14.9 Å². The number of para-hydroxylation sites is 1. The normalized spacial score (nSPS) is 10.4. The van der Waals surface area contributed by atoms with Gasteiger partial charge in [-0.1, -0.05) is 12.1 Å². The van der Waals surface area contributed by atoms with E-state index in [4.69, 9.17) is 9.47 Å². The third kappa shape index (κ3) is 3.86. The van der Waals surface area contributed by atoms with Crippen LogP contribution in [0.15, 0.2) is 47.6 Å². The topological polar surface area (TPSA) is 103 Å². The molecule has 8 nitrogen and oxygen atoms in total. The van der Waals surface area contributed by atoms with Crippen LogP contribution in [0.25, 0.3) is 0 Å². The Kier molecular flexibility index (Phi) is 5.45. The van der Waals surface area contributed by atoms with Crippen molar-refractivity contribution in [1.82, 2.24) is 5.43 Å². The van der Waals surface area contributed by atoms with Crippen molar-refractivity contribution < 1.29 is 19.2 Å². The summed E-state index contributed by atoms with van der Waals surface area (Å²) in [4.78, 5) is 22.5. The van der Waals surface area contributed by atoms with Crippen LogP contribution in [0, 0.1) is 10.1 Å². The van der Waals surface area contributed by atoms with Gasteiger partial charge in [-0.15, -0.1) is 0 Å². The Morgan fingerprint density at radius 1 is 1.17 bits per heavy atom. The highest BCUT2D eigenvalue weighted by Gasteiger charge is 2.14. The summed E-state index contributed by atoms with van der Waals surface area (Å²) in [5.41, 5.74) is 2.94. The molecule has 0 aromatic heterocycles. The molecule has 2 aromatic carbocycles. The largest absolute Gasteiger partial charge is 0.496 e. The molecule has 24 heavy (non-hydrogen) atoms. The summed E-state index contributed by atoms with van der Waals surface area (Å²) in [7, 11) is 2.81. The SMILES string of the molecule is COc1ccccc1C(=O)NN=Cc1ccc(OC)c([N+](=O)[O-])c1. The second-order valence-corrected chi connectivity index (χ2v) is 4.59. The highest BCUT2D eigenvalue weighted by atomic mass is 16.6. The summed E-state index contributed by atoms with van der Waals surface area (Å²) in [5.74, 6) is 0.118. The van der Waals surface area contributed by atoms with Crippen molar-refractivity contribution in [3.8, 4) is 11.5 Å². The van der Waals surface area contributed by atoms with Crippen molar-refractivity contribution in [2.24, 2.45) is 5.10 Å². The quantitative estimate of drug-likeness (QED) is 0.498. The molecule has 0 heterocycles. The highest BCUT2D eigenvalue weighted by Crippen LogP contribution is 2.26. The zero-order chi connectivity index (χ0) is 17.5. The Bertz CT molecular complexity index is 789. The summed E-state index contributed by atoms with van der Waals surface area (Å²) in [5, 5.41) is 14.8. The average molecular weight is 329 g/mol. The van der Waals surface area contributed by atoms with Crippen molar-refractivity contribution in [2.75, 3.05) is 14.2 Å². The molecule has 0 fully saturated rings.